The number of hydrogen-bond donors (Lipinski definition) is 1. The van der Waals surface area contributed by atoms with Crippen LogP contribution in [0.4, 0.5) is 4.79 Å². The number of benzene rings is 1. The predicted octanol–water partition coefficient (Wildman–Crippen LogP) is 3.50. The summed E-state index contributed by atoms with van der Waals surface area (Å²) in [7, 11) is 1.63. The molecular weight excluding hydrogens is 338 g/mol. The smallest absolute Gasteiger partial charge is 0.407 e. The Morgan fingerprint density at radius 1 is 1.29 bits per heavy atom. The zero-order chi connectivity index (χ0) is 15.9. The van der Waals surface area contributed by atoms with Crippen molar-refractivity contribution in [3.63, 3.8) is 0 Å². The molecule has 0 aliphatic rings. The number of halogens is 1. The Bertz CT molecular complexity index is 471. The highest BCUT2D eigenvalue weighted by Gasteiger charge is 2.15. The SMILES string of the molecule is COCCOc1ccc(CNC(=O)OC(C)(C)C)cc1Br. The molecule has 6 heteroatoms. The van der Waals surface area contributed by atoms with Crippen LogP contribution >= 0.6 is 15.9 Å². The van der Waals surface area contributed by atoms with Gasteiger partial charge in [-0.25, -0.2) is 4.79 Å². The van der Waals surface area contributed by atoms with Crippen LogP contribution in [0.2, 0.25) is 0 Å². The van der Waals surface area contributed by atoms with Crippen molar-refractivity contribution < 1.29 is 19.0 Å². The molecule has 0 bridgehead atoms. The predicted molar refractivity (Wildman–Crippen MR) is 84.6 cm³/mol. The first kappa shape index (κ1) is 17.8. The van der Waals surface area contributed by atoms with Crippen LogP contribution in [0.1, 0.15) is 26.3 Å². The quantitative estimate of drug-likeness (QED) is 0.789. The monoisotopic (exact) mass is 359 g/mol. The third-order valence-electron chi connectivity index (χ3n) is 2.38. The van der Waals surface area contributed by atoms with Crippen molar-refractivity contribution in [2.75, 3.05) is 20.3 Å². The molecule has 0 aliphatic heterocycles. The highest BCUT2D eigenvalue weighted by Crippen LogP contribution is 2.26. The number of methoxy groups -OCH3 is 1. The topological polar surface area (TPSA) is 56.8 Å². The molecule has 0 unspecified atom stereocenters. The van der Waals surface area contributed by atoms with Crippen molar-refractivity contribution in [1.82, 2.24) is 5.32 Å². The van der Waals surface area contributed by atoms with Crippen molar-refractivity contribution >= 4 is 22.0 Å². The second-order valence-electron chi connectivity index (χ2n) is 5.46. The van der Waals surface area contributed by atoms with Gasteiger partial charge in [-0.2, -0.15) is 0 Å². The van der Waals surface area contributed by atoms with Crippen LogP contribution in [0.5, 0.6) is 5.75 Å². The van der Waals surface area contributed by atoms with Gasteiger partial charge in [-0.1, -0.05) is 6.07 Å². The molecule has 1 rings (SSSR count). The number of carbonyl (C=O) groups is 1. The number of ether oxygens (including phenoxy) is 3. The minimum absolute atomic E-state index is 0.395. The van der Waals surface area contributed by atoms with E-state index in [-0.39, 0.29) is 0 Å². The maximum Gasteiger partial charge on any atom is 0.407 e. The largest absolute Gasteiger partial charge is 0.490 e. The van der Waals surface area contributed by atoms with Crippen molar-refractivity contribution in [2.24, 2.45) is 0 Å². The molecule has 0 aliphatic carbocycles. The van der Waals surface area contributed by atoms with Gasteiger partial charge >= 0.3 is 6.09 Å². The number of amides is 1. The summed E-state index contributed by atoms with van der Waals surface area (Å²) in [6.45, 7) is 6.91. The first-order valence-electron chi connectivity index (χ1n) is 6.69. The van der Waals surface area contributed by atoms with Gasteiger partial charge in [-0.15, -0.1) is 0 Å². The Morgan fingerprint density at radius 2 is 2.00 bits per heavy atom. The van der Waals surface area contributed by atoms with Crippen molar-refractivity contribution in [3.05, 3.63) is 28.2 Å². The van der Waals surface area contributed by atoms with E-state index in [1.54, 1.807) is 7.11 Å². The molecule has 5 nitrogen and oxygen atoms in total. The lowest BCUT2D eigenvalue weighted by Crippen LogP contribution is -2.32. The Hall–Kier alpha value is -1.27. The summed E-state index contributed by atoms with van der Waals surface area (Å²) in [6.07, 6.45) is -0.431. The van der Waals surface area contributed by atoms with Gasteiger partial charge in [-0.3, -0.25) is 0 Å². The first-order valence-corrected chi connectivity index (χ1v) is 7.48. The van der Waals surface area contributed by atoms with Crippen LogP contribution in [0.15, 0.2) is 22.7 Å². The van der Waals surface area contributed by atoms with Gasteiger partial charge in [0.2, 0.25) is 0 Å². The Morgan fingerprint density at radius 3 is 2.57 bits per heavy atom. The van der Waals surface area contributed by atoms with Crippen LogP contribution in [-0.2, 0) is 16.0 Å². The number of carbonyl (C=O) groups excluding carboxylic acids is 1. The molecule has 0 spiro atoms. The molecule has 118 valence electrons. The molecule has 0 radical (unpaired) electrons. The van der Waals surface area contributed by atoms with Gasteiger partial charge in [-0.05, 0) is 54.4 Å². The summed E-state index contributed by atoms with van der Waals surface area (Å²) in [6, 6.07) is 5.65. The molecule has 0 atom stereocenters. The Kier molecular flexibility index (Phi) is 6.98. The van der Waals surface area contributed by atoms with E-state index in [9.17, 15) is 4.79 Å². The number of nitrogens with one attached hydrogen (secondary N) is 1. The van der Waals surface area contributed by atoms with E-state index in [1.807, 2.05) is 39.0 Å². The minimum Gasteiger partial charge on any atom is -0.490 e. The summed E-state index contributed by atoms with van der Waals surface area (Å²) >= 11 is 3.45. The van der Waals surface area contributed by atoms with Crippen LogP contribution < -0.4 is 10.1 Å². The van der Waals surface area contributed by atoms with Crippen molar-refractivity contribution in [3.8, 4) is 5.75 Å². The molecule has 0 aromatic heterocycles. The van der Waals surface area contributed by atoms with Crippen LogP contribution in [0.25, 0.3) is 0 Å². The van der Waals surface area contributed by atoms with Crippen molar-refractivity contribution in [2.45, 2.75) is 32.9 Å². The average Bonchev–Trinajstić information content (AvgIpc) is 2.37. The van der Waals surface area contributed by atoms with Crippen molar-refractivity contribution in [1.29, 1.82) is 0 Å². The van der Waals surface area contributed by atoms with E-state index in [0.717, 1.165) is 15.8 Å². The van der Waals surface area contributed by atoms with E-state index >= 15 is 0 Å². The van der Waals surface area contributed by atoms with Crippen LogP contribution in [-0.4, -0.2) is 32.0 Å². The first-order chi connectivity index (χ1) is 9.81. The van der Waals surface area contributed by atoms with E-state index in [2.05, 4.69) is 21.2 Å². The second kappa shape index (κ2) is 8.24. The Balaban J connectivity index is 2.50. The second-order valence-corrected chi connectivity index (χ2v) is 6.32. The normalized spacial score (nSPS) is 11.1. The molecule has 1 amide bonds. The molecule has 1 aromatic rings. The molecule has 21 heavy (non-hydrogen) atoms. The van der Waals surface area contributed by atoms with Gasteiger partial charge in [0.1, 0.15) is 18.0 Å². The van der Waals surface area contributed by atoms with E-state index in [0.29, 0.717) is 19.8 Å². The molecule has 0 fully saturated rings. The van der Waals surface area contributed by atoms with E-state index in [1.165, 1.54) is 0 Å². The van der Waals surface area contributed by atoms with E-state index < -0.39 is 11.7 Å². The maximum atomic E-state index is 11.6. The molecule has 0 heterocycles. The number of rotatable bonds is 6. The van der Waals surface area contributed by atoms with Gasteiger partial charge < -0.3 is 19.5 Å². The standard InChI is InChI=1S/C15H22BrNO4/c1-15(2,3)21-14(18)17-10-11-5-6-13(12(16)9-11)20-8-7-19-4/h5-6,9H,7-8,10H2,1-4H3,(H,17,18). The van der Waals surface area contributed by atoms with Crippen LogP contribution in [0.3, 0.4) is 0 Å². The number of hydrogen-bond acceptors (Lipinski definition) is 4. The fourth-order valence-electron chi connectivity index (χ4n) is 1.49. The molecule has 0 saturated carbocycles. The molecular formula is C15H22BrNO4. The van der Waals surface area contributed by atoms with Gasteiger partial charge in [0.25, 0.3) is 0 Å². The van der Waals surface area contributed by atoms with Gasteiger partial charge in [0.05, 0.1) is 11.1 Å². The summed E-state index contributed by atoms with van der Waals surface area (Å²) < 4.78 is 16.5. The molecule has 0 saturated heterocycles. The third-order valence-corrected chi connectivity index (χ3v) is 3.00. The summed E-state index contributed by atoms with van der Waals surface area (Å²) in [4.78, 5) is 11.6. The third kappa shape index (κ3) is 7.34. The molecule has 1 N–H and O–H groups in total. The highest BCUT2D eigenvalue weighted by atomic mass is 79.9. The fourth-order valence-corrected chi connectivity index (χ4v) is 2.04. The molecule has 1 aromatic carbocycles. The lowest BCUT2D eigenvalue weighted by molar-refractivity contribution is 0.0523. The maximum absolute atomic E-state index is 11.6. The highest BCUT2D eigenvalue weighted by molar-refractivity contribution is 9.10. The Labute approximate surface area is 134 Å². The zero-order valence-corrected chi connectivity index (χ0v) is 14.5. The number of alkyl carbamates (subject to hydrolysis) is 1. The van der Waals surface area contributed by atoms with E-state index in [4.69, 9.17) is 14.2 Å². The zero-order valence-electron chi connectivity index (χ0n) is 12.9. The van der Waals surface area contributed by atoms with Gasteiger partial charge in [0.15, 0.2) is 0 Å². The fraction of sp³-hybridized carbons (Fsp3) is 0.533. The lowest BCUT2D eigenvalue weighted by Gasteiger charge is -2.19. The lowest BCUT2D eigenvalue weighted by atomic mass is 10.2. The van der Waals surface area contributed by atoms with Gasteiger partial charge in [0, 0.05) is 13.7 Å². The summed E-state index contributed by atoms with van der Waals surface area (Å²) in [5.74, 6) is 0.744. The van der Waals surface area contributed by atoms with Crippen LogP contribution in [0, 0.1) is 0 Å². The summed E-state index contributed by atoms with van der Waals surface area (Å²) in [5.41, 5.74) is 0.454. The minimum atomic E-state index is -0.496. The summed E-state index contributed by atoms with van der Waals surface area (Å²) in [5, 5.41) is 2.71. The average molecular weight is 360 g/mol.